The first-order valence-corrected chi connectivity index (χ1v) is 6.56. The number of carboxylic acid groups (broad SMARTS) is 1. The number of amides is 1. The topological polar surface area (TPSA) is 82.6 Å². The smallest absolute Gasteiger partial charge is 0.415 e. The van der Waals surface area contributed by atoms with Gasteiger partial charge in [0.15, 0.2) is 0 Å². The zero-order chi connectivity index (χ0) is 15.6. The van der Waals surface area contributed by atoms with Crippen molar-refractivity contribution in [2.45, 2.75) is 26.4 Å². The van der Waals surface area contributed by atoms with Gasteiger partial charge in [-0.25, -0.2) is 4.79 Å². The van der Waals surface area contributed by atoms with E-state index in [0.29, 0.717) is 5.69 Å². The summed E-state index contributed by atoms with van der Waals surface area (Å²) in [6, 6.07) is 7.08. The second-order valence-corrected chi connectivity index (χ2v) is 5.71. The number of fused-ring (bicyclic) bond motifs is 1. The third-order valence-corrected chi connectivity index (χ3v) is 2.76. The second kappa shape index (κ2) is 5.47. The lowest BCUT2D eigenvalue weighted by Crippen LogP contribution is -2.40. The fourth-order valence-corrected chi connectivity index (χ4v) is 1.92. The van der Waals surface area contributed by atoms with Gasteiger partial charge < -0.3 is 14.8 Å². The Morgan fingerprint density at radius 1 is 1.29 bits per heavy atom. The van der Waals surface area contributed by atoms with E-state index < -0.39 is 24.2 Å². The van der Waals surface area contributed by atoms with Gasteiger partial charge in [0, 0.05) is 22.8 Å². The Bertz CT molecular complexity index is 670. The van der Waals surface area contributed by atoms with Gasteiger partial charge in [0.25, 0.3) is 0 Å². The van der Waals surface area contributed by atoms with Crippen molar-refractivity contribution in [3.8, 4) is 0 Å². The summed E-state index contributed by atoms with van der Waals surface area (Å²) in [6.07, 6.45) is 1.10. The predicted octanol–water partition coefficient (Wildman–Crippen LogP) is 2.99. The highest BCUT2D eigenvalue weighted by Crippen LogP contribution is 2.23. The Balaban J connectivity index is 2.34. The number of benzene rings is 1. The van der Waals surface area contributed by atoms with E-state index >= 15 is 0 Å². The van der Waals surface area contributed by atoms with Gasteiger partial charge in [-0.1, -0.05) is 0 Å². The first-order chi connectivity index (χ1) is 9.76. The second-order valence-electron chi connectivity index (χ2n) is 5.71. The van der Waals surface area contributed by atoms with E-state index in [9.17, 15) is 9.59 Å². The minimum absolute atomic E-state index is 0.454. The number of aliphatic carboxylic acids is 1. The van der Waals surface area contributed by atoms with Crippen LogP contribution < -0.4 is 4.90 Å². The van der Waals surface area contributed by atoms with Crippen LogP contribution in [0, 0.1) is 0 Å². The minimum atomic E-state index is -1.10. The van der Waals surface area contributed by atoms with Gasteiger partial charge in [-0.2, -0.15) is 0 Å². The number of hydrogen-bond acceptors (Lipinski definition) is 3. The van der Waals surface area contributed by atoms with E-state index in [1.54, 1.807) is 45.2 Å². The number of nitrogens with zero attached hydrogens (tertiary/aromatic N) is 1. The lowest BCUT2D eigenvalue weighted by Gasteiger charge is -2.26. The third kappa shape index (κ3) is 3.75. The van der Waals surface area contributed by atoms with E-state index in [4.69, 9.17) is 9.84 Å². The molecule has 0 aliphatic heterocycles. The van der Waals surface area contributed by atoms with Gasteiger partial charge in [-0.15, -0.1) is 0 Å². The van der Waals surface area contributed by atoms with Gasteiger partial charge in [-0.3, -0.25) is 9.69 Å². The molecule has 0 bridgehead atoms. The van der Waals surface area contributed by atoms with Gasteiger partial charge >= 0.3 is 12.1 Å². The zero-order valence-electron chi connectivity index (χ0n) is 12.2. The van der Waals surface area contributed by atoms with Crippen LogP contribution in [0.2, 0.25) is 0 Å². The van der Waals surface area contributed by atoms with Crippen molar-refractivity contribution < 1.29 is 19.4 Å². The third-order valence-electron chi connectivity index (χ3n) is 2.76. The van der Waals surface area contributed by atoms with Crippen molar-refractivity contribution in [2.75, 3.05) is 11.4 Å². The first kappa shape index (κ1) is 14.9. The van der Waals surface area contributed by atoms with Crippen LogP contribution in [0.4, 0.5) is 10.5 Å². The van der Waals surface area contributed by atoms with Gasteiger partial charge in [-0.05, 0) is 45.0 Å². The fraction of sp³-hybridized carbons (Fsp3) is 0.333. The van der Waals surface area contributed by atoms with Crippen LogP contribution in [0.5, 0.6) is 0 Å². The molecule has 2 N–H and O–H groups in total. The maximum Gasteiger partial charge on any atom is 0.415 e. The molecule has 6 heteroatoms. The molecule has 0 saturated heterocycles. The van der Waals surface area contributed by atoms with E-state index in [-0.39, 0.29) is 0 Å². The number of anilines is 1. The number of aromatic amines is 1. The normalized spacial score (nSPS) is 11.4. The molecule has 0 unspecified atom stereocenters. The average molecular weight is 290 g/mol. The van der Waals surface area contributed by atoms with Gasteiger partial charge in [0.2, 0.25) is 0 Å². The molecule has 1 heterocycles. The molecule has 0 spiro atoms. The lowest BCUT2D eigenvalue weighted by molar-refractivity contribution is -0.135. The molecular formula is C15H18N2O4. The fourth-order valence-electron chi connectivity index (χ4n) is 1.92. The molecular weight excluding hydrogens is 272 g/mol. The van der Waals surface area contributed by atoms with E-state index in [2.05, 4.69) is 4.98 Å². The summed E-state index contributed by atoms with van der Waals surface area (Å²) in [5, 5.41) is 9.90. The molecule has 2 aromatic rings. The molecule has 1 aromatic carbocycles. The number of carboxylic acids is 1. The molecule has 0 aliphatic rings. The van der Waals surface area contributed by atoms with Gasteiger partial charge in [0.05, 0.1) is 0 Å². The van der Waals surface area contributed by atoms with Crippen molar-refractivity contribution in [3.63, 3.8) is 0 Å². The highest BCUT2D eigenvalue weighted by atomic mass is 16.6. The van der Waals surface area contributed by atoms with Crippen LogP contribution in [-0.2, 0) is 9.53 Å². The minimum Gasteiger partial charge on any atom is -0.480 e. The van der Waals surface area contributed by atoms with Crippen LogP contribution in [-0.4, -0.2) is 34.3 Å². The quantitative estimate of drug-likeness (QED) is 0.910. The van der Waals surface area contributed by atoms with Crippen molar-refractivity contribution in [1.29, 1.82) is 0 Å². The summed E-state index contributed by atoms with van der Waals surface area (Å²) >= 11 is 0. The van der Waals surface area contributed by atoms with Crippen molar-refractivity contribution in [1.82, 2.24) is 4.98 Å². The lowest BCUT2D eigenvalue weighted by atomic mass is 10.2. The van der Waals surface area contributed by atoms with Crippen LogP contribution in [0.15, 0.2) is 30.5 Å². The number of nitrogens with one attached hydrogen (secondary N) is 1. The van der Waals surface area contributed by atoms with E-state index in [1.807, 2.05) is 6.07 Å². The number of ether oxygens (including phenoxy) is 1. The SMILES string of the molecule is CC(C)(C)OC(=O)N(CC(=O)O)c1ccc2[nH]ccc2c1. The molecule has 0 aliphatic carbocycles. The molecule has 0 atom stereocenters. The Hall–Kier alpha value is -2.50. The maximum absolute atomic E-state index is 12.2. The Morgan fingerprint density at radius 3 is 2.62 bits per heavy atom. The average Bonchev–Trinajstić information content (AvgIpc) is 2.80. The maximum atomic E-state index is 12.2. The van der Waals surface area contributed by atoms with Crippen LogP contribution in [0.1, 0.15) is 20.8 Å². The highest BCUT2D eigenvalue weighted by molar-refractivity contribution is 5.95. The largest absolute Gasteiger partial charge is 0.480 e. The number of aromatic nitrogens is 1. The molecule has 1 amide bonds. The predicted molar refractivity (Wildman–Crippen MR) is 79.5 cm³/mol. The molecule has 1 aromatic heterocycles. The standard InChI is InChI=1S/C15H18N2O4/c1-15(2,3)21-14(20)17(9-13(18)19)11-4-5-12-10(8-11)6-7-16-12/h4-8,16H,9H2,1-3H3,(H,18,19). The first-order valence-electron chi connectivity index (χ1n) is 6.56. The number of carbonyl (C=O) groups is 2. The molecule has 0 radical (unpaired) electrons. The van der Waals surface area contributed by atoms with Gasteiger partial charge in [0.1, 0.15) is 12.1 Å². The number of hydrogen-bond donors (Lipinski definition) is 2. The zero-order valence-corrected chi connectivity index (χ0v) is 12.2. The van der Waals surface area contributed by atoms with Crippen LogP contribution in [0.3, 0.4) is 0 Å². The summed E-state index contributed by atoms with van der Waals surface area (Å²) in [7, 11) is 0. The van der Waals surface area contributed by atoms with Crippen molar-refractivity contribution >= 4 is 28.7 Å². The summed E-state index contributed by atoms with van der Waals surface area (Å²) in [4.78, 5) is 27.4. The number of carbonyl (C=O) groups excluding carboxylic acids is 1. The summed E-state index contributed by atoms with van der Waals surface area (Å²) in [5.74, 6) is -1.10. The molecule has 112 valence electrons. The molecule has 2 rings (SSSR count). The summed E-state index contributed by atoms with van der Waals surface area (Å²) in [6.45, 7) is 4.75. The Kier molecular flexibility index (Phi) is 3.88. The van der Waals surface area contributed by atoms with E-state index in [1.165, 1.54) is 0 Å². The van der Waals surface area contributed by atoms with Crippen molar-refractivity contribution in [2.24, 2.45) is 0 Å². The van der Waals surface area contributed by atoms with E-state index in [0.717, 1.165) is 15.8 Å². The van der Waals surface area contributed by atoms with Crippen molar-refractivity contribution in [3.05, 3.63) is 30.5 Å². The molecule has 0 saturated carbocycles. The summed E-state index contributed by atoms with van der Waals surface area (Å²) in [5.41, 5.74) is 0.711. The molecule has 0 fully saturated rings. The Labute approximate surface area is 122 Å². The van der Waals surface area contributed by atoms with Crippen LogP contribution in [0.25, 0.3) is 10.9 Å². The number of H-pyrrole nitrogens is 1. The Morgan fingerprint density at radius 2 is 2.00 bits per heavy atom. The summed E-state index contributed by atoms with van der Waals surface area (Å²) < 4.78 is 5.26. The monoisotopic (exact) mass is 290 g/mol. The highest BCUT2D eigenvalue weighted by Gasteiger charge is 2.25. The molecule has 21 heavy (non-hydrogen) atoms. The number of rotatable bonds is 3. The molecule has 6 nitrogen and oxygen atoms in total. The van der Waals surface area contributed by atoms with Crippen LogP contribution >= 0.6 is 0 Å².